The lowest BCUT2D eigenvalue weighted by atomic mass is 10.0. The van der Waals surface area contributed by atoms with Gasteiger partial charge >= 0.3 is 0 Å². The summed E-state index contributed by atoms with van der Waals surface area (Å²) >= 11 is 8.10. The van der Waals surface area contributed by atoms with Gasteiger partial charge in [-0.15, -0.1) is 11.3 Å². The maximum Gasteiger partial charge on any atom is 0.264 e. The van der Waals surface area contributed by atoms with Crippen molar-refractivity contribution in [2.24, 2.45) is 5.73 Å². The summed E-state index contributed by atoms with van der Waals surface area (Å²) in [5, 5.41) is 3.25. The average Bonchev–Trinajstić information content (AvgIpc) is 2.76. The van der Waals surface area contributed by atoms with E-state index < -0.39 is 5.91 Å². The lowest BCUT2D eigenvalue weighted by Crippen LogP contribution is -2.49. The summed E-state index contributed by atoms with van der Waals surface area (Å²) in [6.07, 6.45) is 1.68. The highest BCUT2D eigenvalue weighted by molar-refractivity contribution is 9.13. The van der Waals surface area contributed by atoms with Crippen molar-refractivity contribution in [3.63, 3.8) is 0 Å². The van der Waals surface area contributed by atoms with Crippen LogP contribution >= 0.6 is 43.2 Å². The van der Waals surface area contributed by atoms with E-state index in [1.807, 2.05) is 0 Å². The molecule has 0 bridgehead atoms. The van der Waals surface area contributed by atoms with Crippen molar-refractivity contribution in [1.82, 2.24) is 10.2 Å². The van der Waals surface area contributed by atoms with E-state index in [0.29, 0.717) is 4.88 Å². The number of nitrogens with one attached hydrogen (secondary N) is 1. The normalized spacial score (nSPS) is 16.1. The first-order valence-electron chi connectivity index (χ1n) is 6.24. The molecule has 1 aromatic heterocycles. The fourth-order valence-electron chi connectivity index (χ4n) is 2.25. The number of amides is 2. The fourth-order valence-corrected chi connectivity index (χ4v) is 4.24. The SMILES string of the molecule is NC(=O)CN(C(=O)c1cc(Br)c(Br)s1)C1CCNCC1. The molecule has 5 nitrogen and oxygen atoms in total. The predicted molar refractivity (Wildman–Crippen MR) is 85.8 cm³/mol. The minimum Gasteiger partial charge on any atom is -0.368 e. The summed E-state index contributed by atoms with van der Waals surface area (Å²) in [6.45, 7) is 1.67. The number of carbonyl (C=O) groups is 2. The summed E-state index contributed by atoms with van der Waals surface area (Å²) in [6, 6.07) is 1.84. The van der Waals surface area contributed by atoms with E-state index in [2.05, 4.69) is 37.2 Å². The average molecular weight is 425 g/mol. The molecule has 0 aliphatic carbocycles. The van der Waals surface area contributed by atoms with E-state index in [0.717, 1.165) is 34.2 Å². The summed E-state index contributed by atoms with van der Waals surface area (Å²) in [5.74, 6) is -0.612. The molecule has 2 rings (SSSR count). The lowest BCUT2D eigenvalue weighted by Gasteiger charge is -2.33. The maximum atomic E-state index is 12.6. The van der Waals surface area contributed by atoms with Gasteiger partial charge in [-0.3, -0.25) is 9.59 Å². The van der Waals surface area contributed by atoms with Gasteiger partial charge in [0.15, 0.2) is 0 Å². The Bertz CT molecular complexity index is 495. The molecule has 1 aliphatic rings. The zero-order valence-corrected chi connectivity index (χ0v) is 14.7. The quantitative estimate of drug-likeness (QED) is 0.775. The van der Waals surface area contributed by atoms with Crippen LogP contribution in [0.5, 0.6) is 0 Å². The highest BCUT2D eigenvalue weighted by Crippen LogP contribution is 2.33. The molecular weight excluding hydrogens is 410 g/mol. The van der Waals surface area contributed by atoms with Gasteiger partial charge in [0.25, 0.3) is 5.91 Å². The molecule has 0 unspecified atom stereocenters. The van der Waals surface area contributed by atoms with Gasteiger partial charge in [-0.2, -0.15) is 0 Å². The van der Waals surface area contributed by atoms with Crippen LogP contribution < -0.4 is 11.1 Å². The Morgan fingerprint density at radius 1 is 1.40 bits per heavy atom. The number of thiophene rings is 1. The van der Waals surface area contributed by atoms with Crippen LogP contribution in [-0.4, -0.2) is 42.4 Å². The van der Waals surface area contributed by atoms with Crippen LogP contribution in [-0.2, 0) is 4.79 Å². The summed E-state index contributed by atoms with van der Waals surface area (Å²) < 4.78 is 1.71. The Kier molecular flexibility index (Phi) is 5.59. The van der Waals surface area contributed by atoms with Crippen LogP contribution in [0.25, 0.3) is 0 Å². The number of hydrogen-bond donors (Lipinski definition) is 2. The molecule has 0 atom stereocenters. The second kappa shape index (κ2) is 7.02. The van der Waals surface area contributed by atoms with Crippen LogP contribution in [0.3, 0.4) is 0 Å². The third kappa shape index (κ3) is 3.81. The van der Waals surface area contributed by atoms with E-state index in [9.17, 15) is 9.59 Å². The van der Waals surface area contributed by atoms with Crippen LogP contribution in [0.2, 0.25) is 0 Å². The number of rotatable bonds is 4. The van der Waals surface area contributed by atoms with Crippen LogP contribution in [0.15, 0.2) is 14.3 Å². The molecule has 0 aromatic carbocycles. The van der Waals surface area contributed by atoms with Crippen molar-refractivity contribution in [3.8, 4) is 0 Å². The van der Waals surface area contributed by atoms with Crippen molar-refractivity contribution in [2.75, 3.05) is 19.6 Å². The lowest BCUT2D eigenvalue weighted by molar-refractivity contribution is -0.119. The third-order valence-corrected chi connectivity index (χ3v) is 6.44. The maximum absolute atomic E-state index is 12.6. The first-order chi connectivity index (χ1) is 9.49. The standard InChI is InChI=1S/C12H15Br2N3O2S/c13-8-5-9(20-11(8)14)12(19)17(6-10(15)18)7-1-3-16-4-2-7/h5,7,16H,1-4,6H2,(H2,15,18). The Morgan fingerprint density at radius 2 is 2.05 bits per heavy atom. The molecule has 20 heavy (non-hydrogen) atoms. The van der Waals surface area contributed by atoms with Crippen molar-refractivity contribution < 1.29 is 9.59 Å². The van der Waals surface area contributed by atoms with Crippen molar-refractivity contribution in [2.45, 2.75) is 18.9 Å². The summed E-state index contributed by atoms with van der Waals surface area (Å²) in [4.78, 5) is 26.1. The zero-order valence-electron chi connectivity index (χ0n) is 10.7. The first-order valence-corrected chi connectivity index (χ1v) is 8.64. The number of piperidine rings is 1. The number of halogens is 2. The minimum atomic E-state index is -0.480. The molecule has 3 N–H and O–H groups in total. The Morgan fingerprint density at radius 3 is 2.55 bits per heavy atom. The molecule has 1 saturated heterocycles. The largest absolute Gasteiger partial charge is 0.368 e. The fraction of sp³-hybridized carbons (Fsp3) is 0.500. The molecule has 1 aromatic rings. The topological polar surface area (TPSA) is 75.4 Å². The number of carbonyl (C=O) groups excluding carboxylic acids is 2. The molecule has 8 heteroatoms. The number of hydrogen-bond acceptors (Lipinski definition) is 4. The molecule has 2 amide bonds. The summed E-state index contributed by atoms with van der Waals surface area (Å²) in [5.41, 5.74) is 5.29. The molecule has 110 valence electrons. The Hall–Kier alpha value is -0.440. The van der Waals surface area contributed by atoms with E-state index in [4.69, 9.17) is 5.73 Å². The highest BCUT2D eigenvalue weighted by Gasteiger charge is 2.28. The monoisotopic (exact) mass is 423 g/mol. The van der Waals surface area contributed by atoms with E-state index >= 15 is 0 Å². The van der Waals surface area contributed by atoms with E-state index in [-0.39, 0.29) is 18.5 Å². The Labute approximate surface area is 138 Å². The minimum absolute atomic E-state index is 0.0311. The number of nitrogens with zero attached hydrogens (tertiary/aromatic N) is 1. The molecule has 0 spiro atoms. The van der Waals surface area contributed by atoms with Gasteiger partial charge in [-0.05, 0) is 63.9 Å². The van der Waals surface area contributed by atoms with E-state index in [1.165, 1.54) is 11.3 Å². The smallest absolute Gasteiger partial charge is 0.264 e. The first kappa shape index (κ1) is 15.9. The third-order valence-electron chi connectivity index (χ3n) is 3.19. The van der Waals surface area contributed by atoms with Crippen molar-refractivity contribution in [3.05, 3.63) is 19.2 Å². The molecular formula is C12H15Br2N3O2S. The van der Waals surface area contributed by atoms with Crippen LogP contribution in [0, 0.1) is 0 Å². The predicted octanol–water partition coefficient (Wildman–Crippen LogP) is 1.95. The molecule has 1 aliphatic heterocycles. The van der Waals surface area contributed by atoms with Crippen LogP contribution in [0.4, 0.5) is 0 Å². The zero-order chi connectivity index (χ0) is 14.7. The van der Waals surface area contributed by atoms with E-state index in [1.54, 1.807) is 11.0 Å². The number of nitrogens with two attached hydrogens (primary N) is 1. The van der Waals surface area contributed by atoms with Gasteiger partial charge in [0.2, 0.25) is 5.91 Å². The number of primary amides is 1. The second-order valence-electron chi connectivity index (χ2n) is 4.61. The van der Waals surface area contributed by atoms with Gasteiger partial charge in [0.1, 0.15) is 0 Å². The molecule has 2 heterocycles. The molecule has 0 saturated carbocycles. The highest BCUT2D eigenvalue weighted by atomic mass is 79.9. The second-order valence-corrected chi connectivity index (χ2v) is 7.84. The van der Waals surface area contributed by atoms with Gasteiger partial charge < -0.3 is 16.0 Å². The van der Waals surface area contributed by atoms with Gasteiger partial charge in [0.05, 0.1) is 15.2 Å². The van der Waals surface area contributed by atoms with Crippen molar-refractivity contribution in [1.29, 1.82) is 0 Å². The van der Waals surface area contributed by atoms with Gasteiger partial charge in [-0.1, -0.05) is 0 Å². The molecule has 0 radical (unpaired) electrons. The van der Waals surface area contributed by atoms with Crippen molar-refractivity contribution >= 4 is 55.0 Å². The van der Waals surface area contributed by atoms with Gasteiger partial charge in [-0.25, -0.2) is 0 Å². The summed E-state index contributed by atoms with van der Waals surface area (Å²) in [7, 11) is 0. The van der Waals surface area contributed by atoms with Gasteiger partial charge in [0, 0.05) is 10.5 Å². The Balaban J connectivity index is 2.20. The van der Waals surface area contributed by atoms with Crippen LogP contribution in [0.1, 0.15) is 22.5 Å². The molecule has 1 fully saturated rings.